The molecule has 0 bridgehead atoms. The summed E-state index contributed by atoms with van der Waals surface area (Å²) in [4.78, 5) is 26.4. The Kier molecular flexibility index (Phi) is 6.49. The van der Waals surface area contributed by atoms with Crippen LogP contribution >= 0.6 is 0 Å². The molecular formula is C11H17N3O4. The highest BCUT2D eigenvalue weighted by atomic mass is 16.6. The number of imidazole rings is 1. The minimum Gasteiger partial charge on any atom is -0.463 e. The highest BCUT2D eigenvalue weighted by Gasteiger charge is 2.09. The van der Waals surface area contributed by atoms with Crippen molar-refractivity contribution in [2.75, 3.05) is 19.8 Å². The molecule has 0 atom stereocenters. The lowest BCUT2D eigenvalue weighted by Gasteiger charge is -2.06. The smallest absolute Gasteiger partial charge is 0.315 e. The van der Waals surface area contributed by atoms with Gasteiger partial charge in [0.25, 0.3) is 0 Å². The summed E-state index contributed by atoms with van der Waals surface area (Å²) in [7, 11) is 0. The number of hydrogen-bond acceptors (Lipinski definition) is 5. The van der Waals surface area contributed by atoms with Gasteiger partial charge in [0.1, 0.15) is 13.0 Å². The Balaban J connectivity index is 2.09. The first-order valence-corrected chi connectivity index (χ1v) is 5.68. The fraction of sp³-hybridized carbons (Fsp3) is 0.545. The number of nitrogens with one attached hydrogen (secondary N) is 1. The second-order valence-electron chi connectivity index (χ2n) is 3.43. The molecule has 0 aliphatic carbocycles. The van der Waals surface area contributed by atoms with Crippen LogP contribution in [0.25, 0.3) is 0 Å². The lowest BCUT2D eigenvalue weighted by molar-refractivity contribution is -0.147. The lowest BCUT2D eigenvalue weighted by Crippen LogP contribution is -2.28. The van der Waals surface area contributed by atoms with Crippen LogP contribution in [0.1, 0.15) is 13.3 Å². The molecule has 1 aromatic rings. The average Bonchev–Trinajstić information content (AvgIpc) is 2.85. The van der Waals surface area contributed by atoms with Gasteiger partial charge >= 0.3 is 5.97 Å². The summed E-state index contributed by atoms with van der Waals surface area (Å²) < 4.78 is 11.5. The van der Waals surface area contributed by atoms with Crippen LogP contribution in [-0.4, -0.2) is 41.2 Å². The monoisotopic (exact) mass is 255 g/mol. The fourth-order valence-corrected chi connectivity index (χ4v) is 1.16. The van der Waals surface area contributed by atoms with Gasteiger partial charge in [-0.05, 0) is 6.92 Å². The molecule has 1 amide bonds. The van der Waals surface area contributed by atoms with Gasteiger partial charge in [-0.3, -0.25) is 9.59 Å². The molecular weight excluding hydrogens is 238 g/mol. The van der Waals surface area contributed by atoms with Crippen LogP contribution in [0.5, 0.6) is 0 Å². The summed E-state index contributed by atoms with van der Waals surface area (Å²) in [6.07, 6.45) is 4.59. The molecule has 1 heterocycles. The molecule has 0 saturated carbocycles. The van der Waals surface area contributed by atoms with Gasteiger partial charge in [0.2, 0.25) is 5.91 Å². The highest BCUT2D eigenvalue weighted by molar-refractivity contribution is 5.94. The molecule has 100 valence electrons. The number of ether oxygens (including phenoxy) is 2. The normalized spacial score (nSPS) is 10.1. The number of nitrogens with zero attached hydrogens (tertiary/aromatic N) is 2. The molecule has 0 unspecified atom stereocenters. The van der Waals surface area contributed by atoms with E-state index < -0.39 is 5.97 Å². The van der Waals surface area contributed by atoms with E-state index in [2.05, 4.69) is 10.3 Å². The zero-order valence-electron chi connectivity index (χ0n) is 10.3. The molecule has 0 spiro atoms. The number of carbonyl (C=O) groups excluding carboxylic acids is 2. The van der Waals surface area contributed by atoms with Crippen LogP contribution in [0.3, 0.4) is 0 Å². The maximum atomic E-state index is 11.4. The summed E-state index contributed by atoms with van der Waals surface area (Å²) in [6, 6.07) is 0. The highest BCUT2D eigenvalue weighted by Crippen LogP contribution is 1.89. The molecule has 1 N–H and O–H groups in total. The predicted octanol–water partition coefficient (Wildman–Crippen LogP) is -0.0734. The van der Waals surface area contributed by atoms with E-state index in [0.717, 1.165) is 0 Å². The number of carbonyl (C=O) groups is 2. The van der Waals surface area contributed by atoms with Gasteiger partial charge < -0.3 is 19.4 Å². The first-order chi connectivity index (χ1) is 8.72. The van der Waals surface area contributed by atoms with Crippen molar-refractivity contribution in [3.63, 3.8) is 0 Å². The zero-order chi connectivity index (χ0) is 13.2. The van der Waals surface area contributed by atoms with Gasteiger partial charge in [-0.2, -0.15) is 0 Å². The first kappa shape index (κ1) is 14.2. The van der Waals surface area contributed by atoms with E-state index >= 15 is 0 Å². The Hall–Kier alpha value is -1.89. The van der Waals surface area contributed by atoms with Crippen molar-refractivity contribution in [3.8, 4) is 0 Å². The van der Waals surface area contributed by atoms with Crippen molar-refractivity contribution < 1.29 is 19.1 Å². The van der Waals surface area contributed by atoms with Crippen LogP contribution in [-0.2, 0) is 25.7 Å². The standard InChI is InChI=1S/C11H17N3O4/c1-2-17-5-6-18-11(16)7-10(15)13-9-14-4-3-12-8-14/h3-4,8H,2,5-7,9H2,1H3,(H,13,15). The maximum absolute atomic E-state index is 11.4. The third-order valence-electron chi connectivity index (χ3n) is 2.02. The van der Waals surface area contributed by atoms with Gasteiger partial charge in [-0.25, -0.2) is 4.98 Å². The van der Waals surface area contributed by atoms with Gasteiger partial charge in [-0.15, -0.1) is 0 Å². The van der Waals surface area contributed by atoms with Gasteiger partial charge in [0.05, 0.1) is 19.6 Å². The van der Waals surface area contributed by atoms with Crippen LogP contribution in [0.15, 0.2) is 18.7 Å². The molecule has 0 aliphatic rings. The lowest BCUT2D eigenvalue weighted by atomic mass is 10.4. The minimum absolute atomic E-state index is 0.168. The molecule has 0 aliphatic heterocycles. The van der Waals surface area contributed by atoms with Gasteiger partial charge in [0.15, 0.2) is 0 Å². The van der Waals surface area contributed by atoms with Crippen molar-refractivity contribution >= 4 is 11.9 Å². The molecule has 18 heavy (non-hydrogen) atoms. The van der Waals surface area contributed by atoms with E-state index in [0.29, 0.717) is 13.2 Å². The quantitative estimate of drug-likeness (QED) is 0.399. The van der Waals surface area contributed by atoms with Crippen LogP contribution in [0.4, 0.5) is 0 Å². The Morgan fingerprint density at radius 3 is 2.89 bits per heavy atom. The average molecular weight is 255 g/mol. The fourth-order valence-electron chi connectivity index (χ4n) is 1.16. The summed E-state index contributed by atoms with van der Waals surface area (Å²) in [5, 5.41) is 2.57. The second-order valence-corrected chi connectivity index (χ2v) is 3.43. The van der Waals surface area contributed by atoms with Crippen LogP contribution in [0, 0.1) is 0 Å². The molecule has 0 aromatic carbocycles. The third kappa shape index (κ3) is 6.00. The van der Waals surface area contributed by atoms with E-state index in [1.165, 1.54) is 0 Å². The minimum atomic E-state index is -0.558. The number of rotatable bonds is 8. The molecule has 0 radical (unpaired) electrons. The first-order valence-electron chi connectivity index (χ1n) is 5.68. The predicted molar refractivity (Wildman–Crippen MR) is 62.4 cm³/mol. The summed E-state index contributed by atoms with van der Waals surface area (Å²) in [5.74, 6) is -0.942. The summed E-state index contributed by atoms with van der Waals surface area (Å²) in [6.45, 7) is 3.22. The van der Waals surface area contributed by atoms with Gasteiger partial charge in [-0.1, -0.05) is 0 Å². The zero-order valence-corrected chi connectivity index (χ0v) is 10.3. The van der Waals surface area contributed by atoms with Crippen molar-refractivity contribution in [1.82, 2.24) is 14.9 Å². The topological polar surface area (TPSA) is 82.5 Å². The number of esters is 1. The van der Waals surface area contributed by atoms with E-state index in [9.17, 15) is 9.59 Å². The molecule has 7 nitrogen and oxygen atoms in total. The number of aromatic nitrogens is 2. The van der Waals surface area contributed by atoms with E-state index in [1.807, 2.05) is 6.92 Å². The van der Waals surface area contributed by atoms with Crippen LogP contribution < -0.4 is 5.32 Å². The van der Waals surface area contributed by atoms with Gasteiger partial charge in [0, 0.05) is 19.0 Å². The van der Waals surface area contributed by atoms with Crippen molar-refractivity contribution in [1.29, 1.82) is 0 Å². The number of amides is 1. The Labute approximate surface area is 105 Å². The SMILES string of the molecule is CCOCCOC(=O)CC(=O)NCn1ccnc1. The van der Waals surface area contributed by atoms with Crippen molar-refractivity contribution in [2.24, 2.45) is 0 Å². The van der Waals surface area contributed by atoms with E-state index in [1.54, 1.807) is 23.3 Å². The van der Waals surface area contributed by atoms with Crippen molar-refractivity contribution in [2.45, 2.75) is 20.0 Å². The molecule has 7 heteroatoms. The molecule has 0 fully saturated rings. The maximum Gasteiger partial charge on any atom is 0.315 e. The van der Waals surface area contributed by atoms with E-state index in [-0.39, 0.29) is 25.6 Å². The number of hydrogen-bond donors (Lipinski definition) is 1. The Morgan fingerprint density at radius 1 is 1.39 bits per heavy atom. The largest absolute Gasteiger partial charge is 0.463 e. The third-order valence-corrected chi connectivity index (χ3v) is 2.02. The van der Waals surface area contributed by atoms with Crippen LogP contribution in [0.2, 0.25) is 0 Å². The Morgan fingerprint density at radius 2 is 2.22 bits per heavy atom. The molecule has 1 rings (SSSR count). The van der Waals surface area contributed by atoms with Crippen molar-refractivity contribution in [3.05, 3.63) is 18.7 Å². The molecule has 0 saturated heterocycles. The Bertz CT molecular complexity index is 364. The summed E-state index contributed by atoms with van der Waals surface area (Å²) >= 11 is 0. The van der Waals surface area contributed by atoms with E-state index in [4.69, 9.17) is 9.47 Å². The molecule has 1 aromatic heterocycles. The summed E-state index contributed by atoms with van der Waals surface area (Å²) in [5.41, 5.74) is 0. The second kappa shape index (κ2) is 8.24.